The number of benzene rings is 1. The zero-order valence-corrected chi connectivity index (χ0v) is 8.38. The molecule has 0 saturated carbocycles. The van der Waals surface area contributed by atoms with E-state index in [0.717, 1.165) is 11.3 Å². The maximum absolute atomic E-state index is 6.01. The van der Waals surface area contributed by atoms with E-state index in [-0.39, 0.29) is 6.04 Å². The molecule has 0 aliphatic rings. The Bertz CT molecular complexity index is 426. The maximum Gasteiger partial charge on any atom is 0.124 e. The van der Waals surface area contributed by atoms with E-state index in [1.54, 1.807) is 13.2 Å². The van der Waals surface area contributed by atoms with Crippen LogP contribution < -0.4 is 10.5 Å². The lowest BCUT2D eigenvalue weighted by molar-refractivity contribution is 0.407. The van der Waals surface area contributed by atoms with Gasteiger partial charge in [-0.15, -0.1) is 0 Å². The van der Waals surface area contributed by atoms with E-state index in [2.05, 4.69) is 5.16 Å². The average Bonchev–Trinajstić information content (AvgIpc) is 2.81. The van der Waals surface area contributed by atoms with Gasteiger partial charge >= 0.3 is 0 Å². The smallest absolute Gasteiger partial charge is 0.124 e. The van der Waals surface area contributed by atoms with Gasteiger partial charge in [-0.25, -0.2) is 0 Å². The molecule has 1 unspecified atom stereocenters. The molecule has 0 saturated heterocycles. The molecule has 4 heteroatoms. The number of hydrogen-bond donors (Lipinski definition) is 1. The van der Waals surface area contributed by atoms with Crippen molar-refractivity contribution in [3.8, 4) is 5.75 Å². The van der Waals surface area contributed by atoms with Crippen LogP contribution >= 0.6 is 0 Å². The first-order chi connectivity index (χ1) is 7.31. The molecule has 0 bridgehead atoms. The van der Waals surface area contributed by atoms with Crippen molar-refractivity contribution < 1.29 is 9.26 Å². The van der Waals surface area contributed by atoms with Gasteiger partial charge in [0, 0.05) is 6.07 Å². The summed E-state index contributed by atoms with van der Waals surface area (Å²) in [5, 5.41) is 3.81. The Morgan fingerprint density at radius 3 is 2.93 bits per heavy atom. The van der Waals surface area contributed by atoms with E-state index in [9.17, 15) is 0 Å². The molecule has 78 valence electrons. The van der Waals surface area contributed by atoms with E-state index < -0.39 is 0 Å². The number of aromatic nitrogens is 1. The van der Waals surface area contributed by atoms with Crippen LogP contribution in [-0.4, -0.2) is 12.3 Å². The Kier molecular flexibility index (Phi) is 2.69. The van der Waals surface area contributed by atoms with Gasteiger partial charge in [0.25, 0.3) is 0 Å². The van der Waals surface area contributed by atoms with Gasteiger partial charge in [-0.05, 0) is 17.7 Å². The SMILES string of the molecule is COc1cccc(C(N)c2ccon2)c1. The summed E-state index contributed by atoms with van der Waals surface area (Å²) in [5.41, 5.74) is 7.67. The van der Waals surface area contributed by atoms with Crippen LogP contribution in [0.4, 0.5) is 0 Å². The molecular formula is C11H12N2O2. The van der Waals surface area contributed by atoms with E-state index in [1.807, 2.05) is 24.3 Å². The standard InChI is InChI=1S/C11H12N2O2/c1-14-9-4-2-3-8(7-9)11(12)10-5-6-15-13-10/h2-7,11H,12H2,1H3. The van der Waals surface area contributed by atoms with Gasteiger partial charge in [0.1, 0.15) is 17.7 Å². The van der Waals surface area contributed by atoms with Crippen molar-refractivity contribution in [3.05, 3.63) is 47.9 Å². The van der Waals surface area contributed by atoms with E-state index in [0.29, 0.717) is 5.69 Å². The van der Waals surface area contributed by atoms with Crippen LogP contribution in [-0.2, 0) is 0 Å². The molecule has 0 radical (unpaired) electrons. The third-order valence-corrected chi connectivity index (χ3v) is 2.23. The molecular weight excluding hydrogens is 192 g/mol. The molecule has 1 aromatic heterocycles. The van der Waals surface area contributed by atoms with Gasteiger partial charge in [-0.1, -0.05) is 17.3 Å². The fourth-order valence-electron chi connectivity index (χ4n) is 1.39. The summed E-state index contributed by atoms with van der Waals surface area (Å²) in [6.45, 7) is 0. The van der Waals surface area contributed by atoms with E-state index in [4.69, 9.17) is 15.0 Å². The van der Waals surface area contributed by atoms with Crippen molar-refractivity contribution in [2.24, 2.45) is 5.73 Å². The third kappa shape index (κ3) is 1.99. The largest absolute Gasteiger partial charge is 0.497 e. The first kappa shape index (κ1) is 9.73. The molecule has 0 fully saturated rings. The Labute approximate surface area is 87.6 Å². The Hall–Kier alpha value is -1.81. The molecule has 4 nitrogen and oxygen atoms in total. The van der Waals surface area contributed by atoms with Crippen molar-refractivity contribution in [1.82, 2.24) is 5.16 Å². The number of hydrogen-bond acceptors (Lipinski definition) is 4. The van der Waals surface area contributed by atoms with E-state index in [1.165, 1.54) is 6.26 Å². The number of rotatable bonds is 3. The quantitative estimate of drug-likeness (QED) is 0.827. The lowest BCUT2D eigenvalue weighted by Gasteiger charge is -2.09. The molecule has 2 N–H and O–H groups in total. The third-order valence-electron chi connectivity index (χ3n) is 2.23. The highest BCUT2D eigenvalue weighted by molar-refractivity contribution is 5.33. The first-order valence-electron chi connectivity index (χ1n) is 4.61. The Balaban J connectivity index is 2.29. The lowest BCUT2D eigenvalue weighted by atomic mass is 10.0. The number of methoxy groups -OCH3 is 1. The number of nitrogens with zero attached hydrogens (tertiary/aromatic N) is 1. The highest BCUT2D eigenvalue weighted by atomic mass is 16.5. The summed E-state index contributed by atoms with van der Waals surface area (Å²) in [6.07, 6.45) is 1.51. The lowest BCUT2D eigenvalue weighted by Crippen LogP contribution is -2.12. The summed E-state index contributed by atoms with van der Waals surface area (Å²) in [4.78, 5) is 0. The zero-order chi connectivity index (χ0) is 10.7. The predicted octanol–water partition coefficient (Wildman–Crippen LogP) is 1.73. The van der Waals surface area contributed by atoms with Gasteiger partial charge in [-0.3, -0.25) is 0 Å². The molecule has 0 spiro atoms. The number of ether oxygens (including phenoxy) is 1. The average molecular weight is 204 g/mol. The minimum atomic E-state index is -0.279. The normalized spacial score (nSPS) is 12.4. The zero-order valence-electron chi connectivity index (χ0n) is 8.38. The molecule has 0 aliphatic heterocycles. The molecule has 1 aromatic carbocycles. The second-order valence-corrected chi connectivity index (χ2v) is 3.18. The second kappa shape index (κ2) is 4.14. The fourth-order valence-corrected chi connectivity index (χ4v) is 1.39. The van der Waals surface area contributed by atoms with Gasteiger partial charge in [-0.2, -0.15) is 0 Å². The van der Waals surface area contributed by atoms with Gasteiger partial charge < -0.3 is 15.0 Å². The minimum absolute atomic E-state index is 0.279. The van der Waals surface area contributed by atoms with Crippen molar-refractivity contribution in [2.45, 2.75) is 6.04 Å². The second-order valence-electron chi connectivity index (χ2n) is 3.18. The fraction of sp³-hybridized carbons (Fsp3) is 0.182. The monoisotopic (exact) mass is 204 g/mol. The minimum Gasteiger partial charge on any atom is -0.497 e. The van der Waals surface area contributed by atoms with Crippen molar-refractivity contribution in [2.75, 3.05) is 7.11 Å². The summed E-state index contributed by atoms with van der Waals surface area (Å²) in [7, 11) is 1.63. The van der Waals surface area contributed by atoms with Gasteiger partial charge in [0.05, 0.1) is 13.2 Å². The number of nitrogens with two attached hydrogens (primary N) is 1. The molecule has 15 heavy (non-hydrogen) atoms. The molecule has 2 aromatic rings. The highest BCUT2D eigenvalue weighted by Crippen LogP contribution is 2.21. The van der Waals surface area contributed by atoms with Crippen molar-refractivity contribution in [3.63, 3.8) is 0 Å². The highest BCUT2D eigenvalue weighted by Gasteiger charge is 2.11. The van der Waals surface area contributed by atoms with Crippen LogP contribution in [0.15, 0.2) is 41.1 Å². The van der Waals surface area contributed by atoms with Crippen LogP contribution in [0.5, 0.6) is 5.75 Å². The summed E-state index contributed by atoms with van der Waals surface area (Å²) < 4.78 is 9.88. The van der Waals surface area contributed by atoms with Crippen LogP contribution in [0.1, 0.15) is 17.3 Å². The predicted molar refractivity (Wildman–Crippen MR) is 55.5 cm³/mol. The van der Waals surface area contributed by atoms with Gasteiger partial charge in [0.2, 0.25) is 0 Å². The molecule has 1 heterocycles. The van der Waals surface area contributed by atoms with Crippen LogP contribution in [0.3, 0.4) is 0 Å². The topological polar surface area (TPSA) is 61.3 Å². The first-order valence-corrected chi connectivity index (χ1v) is 4.61. The maximum atomic E-state index is 6.01. The van der Waals surface area contributed by atoms with Crippen molar-refractivity contribution in [1.29, 1.82) is 0 Å². The molecule has 0 amide bonds. The van der Waals surface area contributed by atoms with Crippen LogP contribution in [0.2, 0.25) is 0 Å². The van der Waals surface area contributed by atoms with E-state index >= 15 is 0 Å². The summed E-state index contributed by atoms with van der Waals surface area (Å²) in [5.74, 6) is 0.784. The van der Waals surface area contributed by atoms with Crippen molar-refractivity contribution >= 4 is 0 Å². The Morgan fingerprint density at radius 1 is 1.40 bits per heavy atom. The Morgan fingerprint density at radius 2 is 2.27 bits per heavy atom. The van der Waals surface area contributed by atoms with Crippen LogP contribution in [0.25, 0.3) is 0 Å². The van der Waals surface area contributed by atoms with Crippen LogP contribution in [0, 0.1) is 0 Å². The molecule has 0 aliphatic carbocycles. The van der Waals surface area contributed by atoms with Gasteiger partial charge in [0.15, 0.2) is 0 Å². The summed E-state index contributed by atoms with van der Waals surface area (Å²) >= 11 is 0. The summed E-state index contributed by atoms with van der Waals surface area (Å²) in [6, 6.07) is 9.07. The molecule has 2 rings (SSSR count). The molecule has 1 atom stereocenters.